The monoisotopic (exact) mass is 452 g/mol. The van der Waals surface area contributed by atoms with Crippen LogP contribution in [0, 0.1) is 5.92 Å². The van der Waals surface area contributed by atoms with Crippen molar-refractivity contribution in [1.29, 1.82) is 0 Å². The van der Waals surface area contributed by atoms with Gasteiger partial charge in [-0.25, -0.2) is 0 Å². The first kappa shape index (κ1) is 23.7. The van der Waals surface area contributed by atoms with Crippen LogP contribution in [0.4, 0.5) is 0 Å². The first-order valence-corrected chi connectivity index (χ1v) is 9.01. The fourth-order valence-electron chi connectivity index (χ4n) is 2.81. The number of guanidine groups is 1. The molecule has 0 bridgehead atoms. The van der Waals surface area contributed by atoms with Crippen LogP contribution >= 0.6 is 24.0 Å². The average Bonchev–Trinajstić information content (AvgIpc) is 2.51. The second kappa shape index (κ2) is 13.9. The molecule has 1 rings (SSSR count). The van der Waals surface area contributed by atoms with Crippen molar-refractivity contribution in [3.63, 3.8) is 0 Å². The summed E-state index contributed by atoms with van der Waals surface area (Å²) >= 11 is 0. The van der Waals surface area contributed by atoms with Gasteiger partial charge in [0, 0.05) is 39.8 Å². The molecule has 142 valence electrons. The molecule has 1 saturated heterocycles. The topological polar surface area (TPSA) is 40.1 Å². The van der Waals surface area contributed by atoms with Gasteiger partial charge >= 0.3 is 0 Å². The molecule has 24 heavy (non-hydrogen) atoms. The highest BCUT2D eigenvalue weighted by molar-refractivity contribution is 14.0. The zero-order chi connectivity index (χ0) is 17.1. The smallest absolute Gasteiger partial charge is 0.193 e. The van der Waals surface area contributed by atoms with Gasteiger partial charge in [-0.3, -0.25) is 9.89 Å². The van der Waals surface area contributed by atoms with Gasteiger partial charge in [0.15, 0.2) is 5.96 Å². The Bertz CT molecular complexity index is 363. The molecular weight excluding hydrogens is 415 g/mol. The number of morpholine rings is 1. The SMILES string of the molecule is C=CCCCN(C)C(=NCC1CN(CC(C)C)CCO1)NCC.I. The minimum atomic E-state index is 0. The summed E-state index contributed by atoms with van der Waals surface area (Å²) in [7, 11) is 2.09. The third-order valence-corrected chi connectivity index (χ3v) is 3.89. The first-order chi connectivity index (χ1) is 11.1. The fraction of sp³-hybridized carbons (Fsp3) is 0.833. The third-order valence-electron chi connectivity index (χ3n) is 3.89. The molecule has 1 heterocycles. The van der Waals surface area contributed by atoms with Crippen LogP contribution in [0.1, 0.15) is 33.6 Å². The normalized spacial score (nSPS) is 19.0. The van der Waals surface area contributed by atoms with Crippen LogP contribution in [-0.2, 0) is 4.74 Å². The summed E-state index contributed by atoms with van der Waals surface area (Å²) in [6.07, 6.45) is 4.32. The van der Waals surface area contributed by atoms with E-state index in [9.17, 15) is 0 Å². The fourth-order valence-corrected chi connectivity index (χ4v) is 2.81. The molecule has 1 unspecified atom stereocenters. The number of allylic oxidation sites excluding steroid dienone is 1. The highest BCUT2D eigenvalue weighted by atomic mass is 127. The zero-order valence-corrected chi connectivity index (χ0v) is 18.3. The maximum absolute atomic E-state index is 5.89. The van der Waals surface area contributed by atoms with Crippen molar-refractivity contribution in [2.75, 3.05) is 52.9 Å². The average molecular weight is 452 g/mol. The van der Waals surface area contributed by atoms with E-state index in [-0.39, 0.29) is 30.1 Å². The van der Waals surface area contributed by atoms with Gasteiger partial charge in [0.2, 0.25) is 0 Å². The van der Waals surface area contributed by atoms with E-state index in [0.29, 0.717) is 5.92 Å². The number of hydrogen-bond acceptors (Lipinski definition) is 3. The summed E-state index contributed by atoms with van der Waals surface area (Å²) in [6.45, 7) is 17.0. The lowest BCUT2D eigenvalue weighted by Crippen LogP contribution is -2.46. The van der Waals surface area contributed by atoms with E-state index < -0.39 is 0 Å². The van der Waals surface area contributed by atoms with Crippen molar-refractivity contribution in [2.45, 2.75) is 39.7 Å². The van der Waals surface area contributed by atoms with Gasteiger partial charge < -0.3 is 15.0 Å². The number of halogens is 1. The van der Waals surface area contributed by atoms with Crippen molar-refractivity contribution < 1.29 is 4.74 Å². The molecule has 0 aromatic rings. The number of ether oxygens (including phenoxy) is 1. The van der Waals surface area contributed by atoms with Gasteiger partial charge in [-0.2, -0.15) is 0 Å². The summed E-state index contributed by atoms with van der Waals surface area (Å²) in [6, 6.07) is 0. The number of rotatable bonds is 9. The van der Waals surface area contributed by atoms with Crippen molar-refractivity contribution in [2.24, 2.45) is 10.9 Å². The molecule has 0 aromatic carbocycles. The van der Waals surface area contributed by atoms with Crippen LogP contribution in [0.15, 0.2) is 17.6 Å². The molecule has 0 aliphatic carbocycles. The Labute approximate surface area is 165 Å². The van der Waals surface area contributed by atoms with Gasteiger partial charge in [0.25, 0.3) is 0 Å². The molecule has 5 nitrogen and oxygen atoms in total. The third kappa shape index (κ3) is 9.84. The Kier molecular flexibility index (Phi) is 13.7. The maximum Gasteiger partial charge on any atom is 0.193 e. The van der Waals surface area contributed by atoms with Crippen LogP contribution in [0.25, 0.3) is 0 Å². The van der Waals surface area contributed by atoms with E-state index in [1.807, 2.05) is 6.08 Å². The molecule has 0 amide bonds. The minimum absolute atomic E-state index is 0. The number of hydrogen-bond donors (Lipinski definition) is 1. The highest BCUT2D eigenvalue weighted by Gasteiger charge is 2.21. The van der Waals surface area contributed by atoms with Crippen molar-refractivity contribution in [3.05, 3.63) is 12.7 Å². The van der Waals surface area contributed by atoms with E-state index in [4.69, 9.17) is 9.73 Å². The molecule has 0 radical (unpaired) electrons. The largest absolute Gasteiger partial charge is 0.374 e. The van der Waals surface area contributed by atoms with Crippen molar-refractivity contribution >= 4 is 29.9 Å². The van der Waals surface area contributed by atoms with E-state index in [1.165, 1.54) is 0 Å². The van der Waals surface area contributed by atoms with E-state index in [1.54, 1.807) is 0 Å². The van der Waals surface area contributed by atoms with Crippen LogP contribution in [0.3, 0.4) is 0 Å². The highest BCUT2D eigenvalue weighted by Crippen LogP contribution is 2.08. The maximum atomic E-state index is 5.89. The summed E-state index contributed by atoms with van der Waals surface area (Å²) in [5.41, 5.74) is 0. The van der Waals surface area contributed by atoms with E-state index in [2.05, 4.69) is 49.5 Å². The Morgan fingerprint density at radius 3 is 2.88 bits per heavy atom. The molecule has 1 aliphatic rings. The predicted molar refractivity (Wildman–Crippen MR) is 114 cm³/mol. The van der Waals surface area contributed by atoms with Gasteiger partial charge in [-0.1, -0.05) is 19.9 Å². The molecule has 0 aromatic heterocycles. The second-order valence-electron chi connectivity index (χ2n) is 6.69. The molecule has 1 atom stereocenters. The lowest BCUT2D eigenvalue weighted by Gasteiger charge is -2.33. The molecule has 0 spiro atoms. The van der Waals surface area contributed by atoms with Gasteiger partial charge in [0.1, 0.15) is 0 Å². The Morgan fingerprint density at radius 2 is 2.25 bits per heavy atom. The van der Waals surface area contributed by atoms with E-state index >= 15 is 0 Å². The van der Waals surface area contributed by atoms with Gasteiger partial charge in [-0.15, -0.1) is 30.6 Å². The lowest BCUT2D eigenvalue weighted by molar-refractivity contribution is -0.0262. The quantitative estimate of drug-likeness (QED) is 0.192. The summed E-state index contributed by atoms with van der Waals surface area (Å²) in [4.78, 5) is 9.47. The summed E-state index contributed by atoms with van der Waals surface area (Å²) in [5, 5.41) is 3.37. The van der Waals surface area contributed by atoms with Crippen LogP contribution in [-0.4, -0.2) is 74.8 Å². The number of unbranched alkanes of at least 4 members (excludes halogenated alkanes) is 1. The summed E-state index contributed by atoms with van der Waals surface area (Å²) < 4.78 is 5.89. The second-order valence-corrected chi connectivity index (χ2v) is 6.69. The number of nitrogens with one attached hydrogen (secondary N) is 1. The minimum Gasteiger partial charge on any atom is -0.374 e. The molecule has 1 N–H and O–H groups in total. The Balaban J connectivity index is 0.00000529. The standard InChI is InChI=1S/C18H36N4O.HI/c1-6-8-9-10-21(5)18(19-7-2)20-13-17-15-22(11-12-23-17)14-16(3)4;/h6,16-17H,1,7-15H2,2-5H3,(H,19,20);1H. The Hall–Kier alpha value is -0.340. The molecule has 1 aliphatic heterocycles. The van der Waals surface area contributed by atoms with Crippen LogP contribution in [0.2, 0.25) is 0 Å². The molecule has 6 heteroatoms. The molecule has 1 fully saturated rings. The Morgan fingerprint density at radius 1 is 1.50 bits per heavy atom. The van der Waals surface area contributed by atoms with Gasteiger partial charge in [0.05, 0.1) is 19.3 Å². The molecule has 0 saturated carbocycles. The molecular formula is C18H37IN4O. The van der Waals surface area contributed by atoms with Crippen LogP contribution < -0.4 is 5.32 Å². The first-order valence-electron chi connectivity index (χ1n) is 9.01. The summed E-state index contributed by atoms with van der Waals surface area (Å²) in [5.74, 6) is 1.67. The number of aliphatic imine (C=N–C) groups is 1. The van der Waals surface area contributed by atoms with Gasteiger partial charge in [-0.05, 0) is 25.7 Å². The van der Waals surface area contributed by atoms with E-state index in [0.717, 1.165) is 64.7 Å². The van der Waals surface area contributed by atoms with Crippen LogP contribution in [0.5, 0.6) is 0 Å². The number of nitrogens with zero attached hydrogens (tertiary/aromatic N) is 3. The zero-order valence-electron chi connectivity index (χ0n) is 16.0. The van der Waals surface area contributed by atoms with Crippen molar-refractivity contribution in [1.82, 2.24) is 15.1 Å². The predicted octanol–water partition coefficient (Wildman–Crippen LogP) is 2.82. The van der Waals surface area contributed by atoms with Crippen molar-refractivity contribution in [3.8, 4) is 0 Å². The lowest BCUT2D eigenvalue weighted by atomic mass is 10.2.